The number of benzene rings is 1. The van der Waals surface area contributed by atoms with Crippen LogP contribution in [0.3, 0.4) is 0 Å². The summed E-state index contributed by atoms with van der Waals surface area (Å²) in [4.78, 5) is 15.3. The molecule has 0 unspecified atom stereocenters. The largest absolute Gasteiger partial charge is 0.464 e. The van der Waals surface area contributed by atoms with Crippen molar-refractivity contribution in [3.63, 3.8) is 0 Å². The first kappa shape index (κ1) is 19.7. The molecule has 0 bridgehead atoms. The number of methoxy groups -OCH3 is 1. The zero-order valence-corrected chi connectivity index (χ0v) is 15.9. The van der Waals surface area contributed by atoms with E-state index in [9.17, 15) is 13.2 Å². The SMILES string of the molecule is CCCN(Cc1nc(C(=O)OC)co1)S(=O)(=O)c1cc(Cl)ccc1Cl. The van der Waals surface area contributed by atoms with Crippen molar-refractivity contribution in [3.8, 4) is 0 Å². The van der Waals surface area contributed by atoms with Gasteiger partial charge in [-0.15, -0.1) is 0 Å². The fraction of sp³-hybridized carbons (Fsp3) is 0.333. The Kier molecular flexibility index (Phi) is 6.45. The van der Waals surface area contributed by atoms with Gasteiger partial charge in [-0.05, 0) is 24.6 Å². The van der Waals surface area contributed by atoms with Crippen LogP contribution in [0.25, 0.3) is 0 Å². The lowest BCUT2D eigenvalue weighted by molar-refractivity contribution is 0.0594. The molecule has 1 aromatic carbocycles. The Bertz CT molecular complexity index is 867. The van der Waals surface area contributed by atoms with Gasteiger partial charge in [0.25, 0.3) is 0 Å². The molecule has 136 valence electrons. The predicted octanol–water partition coefficient (Wildman–Crippen LogP) is 3.37. The molecule has 0 N–H and O–H groups in total. The van der Waals surface area contributed by atoms with Crippen LogP contribution in [-0.2, 0) is 21.3 Å². The average molecular weight is 407 g/mol. The van der Waals surface area contributed by atoms with Crippen molar-refractivity contribution in [3.05, 3.63) is 46.1 Å². The second-order valence-electron chi connectivity index (χ2n) is 5.03. The molecule has 0 saturated carbocycles. The maximum atomic E-state index is 12.9. The molecule has 1 heterocycles. The van der Waals surface area contributed by atoms with Gasteiger partial charge in [0.1, 0.15) is 11.2 Å². The highest BCUT2D eigenvalue weighted by atomic mass is 35.5. The summed E-state index contributed by atoms with van der Waals surface area (Å²) in [5.41, 5.74) is -0.0351. The number of nitrogens with zero attached hydrogens (tertiary/aromatic N) is 2. The average Bonchev–Trinajstić information content (AvgIpc) is 3.04. The summed E-state index contributed by atoms with van der Waals surface area (Å²) >= 11 is 11.9. The van der Waals surface area contributed by atoms with E-state index in [0.29, 0.717) is 6.42 Å². The molecule has 0 aliphatic carbocycles. The number of ether oxygens (including phenoxy) is 1. The predicted molar refractivity (Wildman–Crippen MR) is 92.2 cm³/mol. The lowest BCUT2D eigenvalue weighted by atomic mass is 10.4. The van der Waals surface area contributed by atoms with E-state index in [1.807, 2.05) is 6.92 Å². The van der Waals surface area contributed by atoms with Gasteiger partial charge in [0, 0.05) is 11.6 Å². The van der Waals surface area contributed by atoms with Gasteiger partial charge < -0.3 is 9.15 Å². The fourth-order valence-corrected chi connectivity index (χ4v) is 4.30. The third-order valence-electron chi connectivity index (χ3n) is 3.24. The number of oxazole rings is 1. The molecule has 7 nitrogen and oxygen atoms in total. The zero-order valence-electron chi connectivity index (χ0n) is 13.5. The zero-order chi connectivity index (χ0) is 18.6. The fourth-order valence-electron chi connectivity index (χ4n) is 2.08. The van der Waals surface area contributed by atoms with Gasteiger partial charge >= 0.3 is 5.97 Å². The Labute approximate surface area is 155 Å². The molecule has 0 aliphatic heterocycles. The summed E-state index contributed by atoms with van der Waals surface area (Å²) in [5, 5.41) is 0.316. The molecule has 0 atom stereocenters. The van der Waals surface area contributed by atoms with Crippen molar-refractivity contribution >= 4 is 39.2 Å². The van der Waals surface area contributed by atoms with E-state index in [1.54, 1.807) is 0 Å². The molecule has 0 saturated heterocycles. The third kappa shape index (κ3) is 4.52. The molecule has 0 spiro atoms. The van der Waals surface area contributed by atoms with Crippen LogP contribution in [0, 0.1) is 0 Å². The van der Waals surface area contributed by atoms with Crippen molar-refractivity contribution in [2.24, 2.45) is 0 Å². The number of hydrogen-bond acceptors (Lipinski definition) is 6. The number of halogens is 2. The molecule has 0 radical (unpaired) electrons. The monoisotopic (exact) mass is 406 g/mol. The number of esters is 1. The van der Waals surface area contributed by atoms with Crippen LogP contribution >= 0.6 is 23.2 Å². The summed E-state index contributed by atoms with van der Waals surface area (Å²) in [7, 11) is -2.72. The van der Waals surface area contributed by atoms with Crippen molar-refractivity contribution < 1.29 is 22.4 Å². The quantitative estimate of drug-likeness (QED) is 0.654. The van der Waals surface area contributed by atoms with Crippen LogP contribution < -0.4 is 0 Å². The van der Waals surface area contributed by atoms with Crippen LogP contribution in [-0.4, -0.2) is 37.3 Å². The van der Waals surface area contributed by atoms with Gasteiger partial charge in [0.05, 0.1) is 18.7 Å². The van der Waals surface area contributed by atoms with E-state index in [-0.39, 0.29) is 39.6 Å². The Morgan fingerprint density at radius 1 is 1.36 bits per heavy atom. The summed E-state index contributed by atoms with van der Waals surface area (Å²) in [6, 6.07) is 4.21. The molecule has 25 heavy (non-hydrogen) atoms. The number of hydrogen-bond donors (Lipinski definition) is 0. The molecule has 0 amide bonds. The maximum absolute atomic E-state index is 12.9. The van der Waals surface area contributed by atoms with E-state index in [0.717, 1.165) is 10.6 Å². The molecular weight excluding hydrogens is 391 g/mol. The maximum Gasteiger partial charge on any atom is 0.360 e. The van der Waals surface area contributed by atoms with Crippen LogP contribution in [0.5, 0.6) is 0 Å². The van der Waals surface area contributed by atoms with E-state index < -0.39 is 16.0 Å². The number of sulfonamides is 1. The van der Waals surface area contributed by atoms with Crippen molar-refractivity contribution in [2.45, 2.75) is 24.8 Å². The Morgan fingerprint density at radius 3 is 2.72 bits per heavy atom. The van der Waals surface area contributed by atoms with Crippen molar-refractivity contribution in [1.82, 2.24) is 9.29 Å². The van der Waals surface area contributed by atoms with Gasteiger partial charge in [-0.25, -0.2) is 18.2 Å². The standard InChI is InChI=1S/C15H16Cl2N2O5S/c1-3-6-19(8-14-18-12(9-24-14)15(20)23-2)25(21,22)13-7-10(16)4-5-11(13)17/h4-5,7,9H,3,6,8H2,1-2H3. The molecule has 10 heteroatoms. The molecular formula is C15H16Cl2N2O5S. The van der Waals surface area contributed by atoms with E-state index in [4.69, 9.17) is 27.6 Å². The molecule has 2 rings (SSSR count). The molecule has 2 aromatic rings. The molecule has 1 aromatic heterocycles. The minimum Gasteiger partial charge on any atom is -0.464 e. The first-order valence-corrected chi connectivity index (χ1v) is 9.47. The lowest BCUT2D eigenvalue weighted by Gasteiger charge is -2.20. The number of carbonyl (C=O) groups is 1. The minimum absolute atomic E-state index is 0.0351. The Morgan fingerprint density at radius 2 is 2.08 bits per heavy atom. The van der Waals surface area contributed by atoms with Gasteiger partial charge in [0.2, 0.25) is 15.9 Å². The number of carbonyl (C=O) groups excluding carboxylic acids is 1. The topological polar surface area (TPSA) is 89.7 Å². The summed E-state index contributed by atoms with van der Waals surface area (Å²) in [6.45, 7) is 1.88. The minimum atomic E-state index is -3.93. The van der Waals surface area contributed by atoms with Gasteiger partial charge in [0.15, 0.2) is 5.69 Å². The van der Waals surface area contributed by atoms with Crippen LogP contribution in [0.1, 0.15) is 29.7 Å². The molecule has 0 aliphatic rings. The highest BCUT2D eigenvalue weighted by Crippen LogP contribution is 2.28. The highest BCUT2D eigenvalue weighted by molar-refractivity contribution is 7.89. The van der Waals surface area contributed by atoms with Crippen LogP contribution in [0.2, 0.25) is 10.0 Å². The van der Waals surface area contributed by atoms with Gasteiger partial charge in [-0.3, -0.25) is 0 Å². The Hall–Kier alpha value is -1.61. The van der Waals surface area contributed by atoms with E-state index >= 15 is 0 Å². The van der Waals surface area contributed by atoms with Crippen LogP contribution in [0.4, 0.5) is 0 Å². The second-order valence-corrected chi connectivity index (χ2v) is 7.78. The first-order chi connectivity index (χ1) is 11.8. The number of aromatic nitrogens is 1. The normalized spacial score (nSPS) is 11.7. The summed E-state index contributed by atoms with van der Waals surface area (Å²) < 4.78 is 36.7. The first-order valence-electron chi connectivity index (χ1n) is 7.27. The van der Waals surface area contributed by atoms with Gasteiger partial charge in [-0.2, -0.15) is 4.31 Å². The third-order valence-corrected chi connectivity index (χ3v) is 5.80. The van der Waals surface area contributed by atoms with E-state index in [2.05, 4.69) is 9.72 Å². The van der Waals surface area contributed by atoms with Gasteiger partial charge in [-0.1, -0.05) is 30.1 Å². The van der Waals surface area contributed by atoms with Crippen molar-refractivity contribution in [2.75, 3.05) is 13.7 Å². The highest BCUT2D eigenvalue weighted by Gasteiger charge is 2.28. The summed E-state index contributed by atoms with van der Waals surface area (Å²) in [6.07, 6.45) is 1.67. The second kappa shape index (κ2) is 8.18. The summed E-state index contributed by atoms with van der Waals surface area (Å²) in [5.74, 6) is -0.603. The van der Waals surface area contributed by atoms with E-state index in [1.165, 1.54) is 25.3 Å². The lowest BCUT2D eigenvalue weighted by Crippen LogP contribution is -2.31. The Balaban J connectivity index is 2.35. The molecule has 0 fully saturated rings. The smallest absolute Gasteiger partial charge is 0.360 e. The van der Waals surface area contributed by atoms with Crippen LogP contribution in [0.15, 0.2) is 33.8 Å². The van der Waals surface area contributed by atoms with Crippen molar-refractivity contribution in [1.29, 1.82) is 0 Å². The number of rotatable bonds is 7.